The van der Waals surface area contributed by atoms with Crippen molar-refractivity contribution in [2.24, 2.45) is 0 Å². The molecular weight excluding hydrogens is 355 g/mol. The number of rotatable bonds is 3. The number of nitrogens with zero attached hydrogens (tertiary/aromatic N) is 1. The SMILES string of the molecule is O=C1COc2ccc(CNC(=O)c3nc4cc(F)ccc4c(=O)[nH]3)cc2N1. The molecule has 1 aliphatic rings. The summed E-state index contributed by atoms with van der Waals surface area (Å²) in [6, 6.07) is 8.66. The van der Waals surface area contributed by atoms with Gasteiger partial charge in [0.05, 0.1) is 16.6 Å². The fourth-order valence-electron chi connectivity index (χ4n) is 2.73. The van der Waals surface area contributed by atoms with Gasteiger partial charge in [-0.2, -0.15) is 0 Å². The van der Waals surface area contributed by atoms with Crippen LogP contribution in [0, 0.1) is 5.82 Å². The summed E-state index contributed by atoms with van der Waals surface area (Å²) in [7, 11) is 0. The van der Waals surface area contributed by atoms with Gasteiger partial charge >= 0.3 is 0 Å². The predicted octanol–water partition coefficient (Wildman–Crippen LogP) is 1.32. The van der Waals surface area contributed by atoms with Gasteiger partial charge in [0.1, 0.15) is 11.6 Å². The summed E-state index contributed by atoms with van der Waals surface area (Å²) in [4.78, 5) is 42.1. The van der Waals surface area contributed by atoms with E-state index in [4.69, 9.17) is 4.74 Å². The molecule has 2 amide bonds. The quantitative estimate of drug-likeness (QED) is 0.645. The van der Waals surface area contributed by atoms with Crippen LogP contribution in [-0.2, 0) is 11.3 Å². The number of aromatic nitrogens is 2. The molecule has 136 valence electrons. The van der Waals surface area contributed by atoms with Crippen LogP contribution in [0.4, 0.5) is 10.1 Å². The Balaban J connectivity index is 1.53. The highest BCUT2D eigenvalue weighted by molar-refractivity contribution is 5.95. The maximum atomic E-state index is 13.3. The number of carbonyl (C=O) groups is 2. The van der Waals surface area contributed by atoms with Crippen molar-refractivity contribution < 1.29 is 18.7 Å². The van der Waals surface area contributed by atoms with E-state index in [0.29, 0.717) is 17.0 Å². The number of amides is 2. The number of fused-ring (bicyclic) bond motifs is 2. The molecule has 1 aliphatic heterocycles. The zero-order valence-electron chi connectivity index (χ0n) is 13.8. The van der Waals surface area contributed by atoms with Crippen LogP contribution in [0.3, 0.4) is 0 Å². The molecule has 2 aromatic carbocycles. The van der Waals surface area contributed by atoms with Gasteiger partial charge in [-0.1, -0.05) is 6.07 Å². The largest absolute Gasteiger partial charge is 0.482 e. The smallest absolute Gasteiger partial charge is 0.287 e. The fourth-order valence-corrected chi connectivity index (χ4v) is 2.73. The lowest BCUT2D eigenvalue weighted by atomic mass is 10.1. The minimum Gasteiger partial charge on any atom is -0.482 e. The van der Waals surface area contributed by atoms with Gasteiger partial charge in [-0.3, -0.25) is 14.4 Å². The highest BCUT2D eigenvalue weighted by Gasteiger charge is 2.17. The molecule has 0 spiro atoms. The van der Waals surface area contributed by atoms with Crippen LogP contribution in [0.1, 0.15) is 16.2 Å². The third kappa shape index (κ3) is 3.34. The number of nitrogens with one attached hydrogen (secondary N) is 3. The predicted molar refractivity (Wildman–Crippen MR) is 94.1 cm³/mol. The van der Waals surface area contributed by atoms with E-state index in [1.165, 1.54) is 6.07 Å². The van der Waals surface area contributed by atoms with Crippen molar-refractivity contribution in [3.05, 3.63) is 64.0 Å². The van der Waals surface area contributed by atoms with Gasteiger partial charge in [-0.25, -0.2) is 9.37 Å². The average molecular weight is 368 g/mol. The first-order valence-electron chi connectivity index (χ1n) is 8.03. The number of hydrogen-bond acceptors (Lipinski definition) is 5. The number of H-pyrrole nitrogens is 1. The Bertz CT molecular complexity index is 1140. The maximum absolute atomic E-state index is 13.3. The van der Waals surface area contributed by atoms with Gasteiger partial charge in [-0.05, 0) is 29.8 Å². The molecule has 9 heteroatoms. The fraction of sp³-hybridized carbons (Fsp3) is 0.111. The van der Waals surface area contributed by atoms with E-state index in [9.17, 15) is 18.8 Å². The molecule has 0 aliphatic carbocycles. The minimum absolute atomic E-state index is 0.0370. The molecule has 3 N–H and O–H groups in total. The Kier molecular flexibility index (Phi) is 4.03. The number of aromatic amines is 1. The molecule has 4 rings (SSSR count). The van der Waals surface area contributed by atoms with Crippen molar-refractivity contribution in [1.82, 2.24) is 15.3 Å². The Morgan fingerprint density at radius 3 is 2.93 bits per heavy atom. The monoisotopic (exact) mass is 368 g/mol. The summed E-state index contributed by atoms with van der Waals surface area (Å²) in [5.41, 5.74) is 0.795. The zero-order chi connectivity index (χ0) is 19.0. The summed E-state index contributed by atoms with van der Waals surface area (Å²) < 4.78 is 18.6. The van der Waals surface area contributed by atoms with Crippen LogP contribution in [0.2, 0.25) is 0 Å². The van der Waals surface area contributed by atoms with Crippen molar-refractivity contribution in [2.45, 2.75) is 6.54 Å². The first kappa shape index (κ1) is 16.7. The van der Waals surface area contributed by atoms with Crippen LogP contribution in [-0.4, -0.2) is 28.4 Å². The summed E-state index contributed by atoms with van der Waals surface area (Å²) >= 11 is 0. The van der Waals surface area contributed by atoms with Crippen molar-refractivity contribution in [3.63, 3.8) is 0 Å². The lowest BCUT2D eigenvalue weighted by molar-refractivity contribution is -0.118. The molecule has 27 heavy (non-hydrogen) atoms. The molecule has 8 nitrogen and oxygen atoms in total. The molecule has 0 saturated heterocycles. The zero-order valence-corrected chi connectivity index (χ0v) is 13.8. The van der Waals surface area contributed by atoms with Gasteiger partial charge < -0.3 is 20.4 Å². The second-order valence-electron chi connectivity index (χ2n) is 5.93. The lowest BCUT2D eigenvalue weighted by Crippen LogP contribution is -2.28. The molecule has 0 bridgehead atoms. The van der Waals surface area contributed by atoms with Crippen LogP contribution in [0.25, 0.3) is 10.9 Å². The standard InChI is InChI=1S/C18H13FN4O4/c19-10-2-3-11-12(6-10)22-16(23-17(11)25)18(26)20-7-9-1-4-14-13(5-9)21-15(24)8-27-14/h1-6H,7-8H2,(H,20,26)(H,21,24)(H,22,23,25). The van der Waals surface area contributed by atoms with Gasteiger partial charge in [0.2, 0.25) is 0 Å². The molecule has 1 aromatic heterocycles. The van der Waals surface area contributed by atoms with E-state index in [2.05, 4.69) is 20.6 Å². The summed E-state index contributed by atoms with van der Waals surface area (Å²) in [6.07, 6.45) is 0. The van der Waals surface area contributed by atoms with Crippen molar-refractivity contribution in [1.29, 1.82) is 0 Å². The van der Waals surface area contributed by atoms with E-state index >= 15 is 0 Å². The highest BCUT2D eigenvalue weighted by Crippen LogP contribution is 2.28. The van der Waals surface area contributed by atoms with Gasteiger partial charge in [0.15, 0.2) is 12.4 Å². The first-order valence-corrected chi connectivity index (χ1v) is 8.03. The Hall–Kier alpha value is -3.75. The molecular formula is C18H13FN4O4. The van der Waals surface area contributed by atoms with Gasteiger partial charge in [0.25, 0.3) is 17.4 Å². The number of anilines is 1. The molecule has 0 fully saturated rings. The number of hydrogen-bond donors (Lipinski definition) is 3. The second-order valence-corrected chi connectivity index (χ2v) is 5.93. The van der Waals surface area contributed by atoms with E-state index in [1.807, 2.05) is 0 Å². The molecule has 0 saturated carbocycles. The Morgan fingerprint density at radius 1 is 1.22 bits per heavy atom. The Morgan fingerprint density at radius 2 is 2.07 bits per heavy atom. The summed E-state index contributed by atoms with van der Waals surface area (Å²) in [6.45, 7) is 0.0948. The first-order chi connectivity index (χ1) is 13.0. The summed E-state index contributed by atoms with van der Waals surface area (Å²) in [5, 5.41) is 5.49. The Labute approximate surface area is 151 Å². The summed E-state index contributed by atoms with van der Waals surface area (Å²) in [5.74, 6) is -1.09. The van der Waals surface area contributed by atoms with Crippen molar-refractivity contribution in [3.8, 4) is 5.75 Å². The second kappa shape index (κ2) is 6.52. The third-order valence-electron chi connectivity index (χ3n) is 4.01. The van der Waals surface area contributed by atoms with E-state index in [1.54, 1.807) is 18.2 Å². The van der Waals surface area contributed by atoms with Crippen LogP contribution in [0.15, 0.2) is 41.2 Å². The van der Waals surface area contributed by atoms with Crippen LogP contribution in [0.5, 0.6) is 5.75 Å². The van der Waals surface area contributed by atoms with Crippen molar-refractivity contribution >= 4 is 28.4 Å². The van der Waals surface area contributed by atoms with E-state index in [-0.39, 0.29) is 35.8 Å². The number of ether oxygens (including phenoxy) is 1. The maximum Gasteiger partial charge on any atom is 0.287 e. The van der Waals surface area contributed by atoms with Crippen molar-refractivity contribution in [2.75, 3.05) is 11.9 Å². The van der Waals surface area contributed by atoms with E-state index in [0.717, 1.165) is 12.1 Å². The van der Waals surface area contributed by atoms with Crippen LogP contribution >= 0.6 is 0 Å². The molecule has 0 radical (unpaired) electrons. The highest BCUT2D eigenvalue weighted by atomic mass is 19.1. The molecule has 0 atom stereocenters. The number of benzene rings is 2. The average Bonchev–Trinajstić information content (AvgIpc) is 2.65. The van der Waals surface area contributed by atoms with Gasteiger partial charge in [-0.15, -0.1) is 0 Å². The number of halogens is 1. The molecule has 2 heterocycles. The minimum atomic E-state index is -0.615. The topological polar surface area (TPSA) is 113 Å². The number of carbonyl (C=O) groups excluding carboxylic acids is 2. The van der Waals surface area contributed by atoms with Gasteiger partial charge in [0, 0.05) is 12.6 Å². The molecule has 3 aromatic rings. The van der Waals surface area contributed by atoms with E-state index < -0.39 is 17.3 Å². The molecule has 0 unspecified atom stereocenters. The normalized spacial score (nSPS) is 12.9. The lowest BCUT2D eigenvalue weighted by Gasteiger charge is -2.18. The van der Waals surface area contributed by atoms with Crippen LogP contribution < -0.4 is 20.9 Å². The third-order valence-corrected chi connectivity index (χ3v) is 4.01.